The molecular weight excluding hydrogens is 562 g/mol. The molecule has 0 unspecified atom stereocenters. The largest absolute Gasteiger partial charge is 0.423 e. The van der Waals surface area contributed by atoms with E-state index in [0.29, 0.717) is 9.04 Å². The Labute approximate surface area is 207 Å². The summed E-state index contributed by atoms with van der Waals surface area (Å²) in [5.41, 5.74) is -5.20. The van der Waals surface area contributed by atoms with Crippen LogP contribution in [0.25, 0.3) is 0 Å². The van der Waals surface area contributed by atoms with Crippen molar-refractivity contribution in [3.63, 3.8) is 0 Å². The van der Waals surface area contributed by atoms with Gasteiger partial charge in [-0.05, 0) is 51.3 Å². The van der Waals surface area contributed by atoms with Gasteiger partial charge in [-0.3, -0.25) is 14.1 Å². The molecule has 8 nitrogen and oxygen atoms in total. The molecule has 0 amide bonds. The van der Waals surface area contributed by atoms with Crippen LogP contribution in [0.4, 0.5) is 34.6 Å². The number of aromatic nitrogens is 1. The molecule has 1 aliphatic rings. The molecule has 35 heavy (non-hydrogen) atoms. The lowest BCUT2D eigenvalue weighted by molar-refractivity contribution is -0.138. The molecule has 3 N–H and O–H groups in total. The lowest BCUT2D eigenvalue weighted by Gasteiger charge is -2.23. The van der Waals surface area contributed by atoms with E-state index in [1.807, 2.05) is 0 Å². The molecular formula is C21H24BrF4N3O5S. The maximum Gasteiger partial charge on any atom is 0.423 e. The third-order valence-corrected chi connectivity index (χ3v) is 8.22. The molecule has 1 saturated carbocycles. The van der Waals surface area contributed by atoms with E-state index in [0.717, 1.165) is 18.3 Å². The molecule has 0 aliphatic heterocycles. The molecule has 1 heterocycles. The highest BCUT2D eigenvalue weighted by Crippen LogP contribution is 2.48. The van der Waals surface area contributed by atoms with Crippen molar-refractivity contribution in [3.8, 4) is 0 Å². The number of ether oxygens (including phenoxy) is 1. The van der Waals surface area contributed by atoms with Gasteiger partial charge in [-0.25, -0.2) is 12.8 Å². The van der Waals surface area contributed by atoms with Crippen LogP contribution in [0.5, 0.6) is 0 Å². The molecule has 3 rings (SSSR count). The average molecular weight is 586 g/mol. The molecule has 1 aromatic carbocycles. The normalized spacial score (nSPS) is 15.3. The highest BCUT2D eigenvalue weighted by molar-refractivity contribution is 9.10. The second-order valence-electron chi connectivity index (χ2n) is 8.42. The van der Waals surface area contributed by atoms with Crippen molar-refractivity contribution in [2.45, 2.75) is 56.9 Å². The van der Waals surface area contributed by atoms with Crippen molar-refractivity contribution in [2.24, 2.45) is 0 Å². The Morgan fingerprint density at radius 2 is 1.91 bits per heavy atom. The van der Waals surface area contributed by atoms with Crippen molar-refractivity contribution in [2.75, 3.05) is 16.6 Å². The molecule has 0 bridgehead atoms. The van der Waals surface area contributed by atoms with Gasteiger partial charge < -0.3 is 15.2 Å². The van der Waals surface area contributed by atoms with Crippen LogP contribution in [0, 0.1) is 5.82 Å². The lowest BCUT2D eigenvalue weighted by atomic mass is 10.1. The molecule has 1 aliphatic carbocycles. The summed E-state index contributed by atoms with van der Waals surface area (Å²) in [5, 5.41) is 11.5. The fourth-order valence-electron chi connectivity index (χ4n) is 3.43. The Bertz CT molecular complexity index is 1260. The van der Waals surface area contributed by atoms with Gasteiger partial charge in [0.15, 0.2) is 0 Å². The van der Waals surface area contributed by atoms with Crippen LogP contribution < -0.4 is 15.6 Å². The van der Waals surface area contributed by atoms with Crippen LogP contribution >= 0.6 is 15.9 Å². The summed E-state index contributed by atoms with van der Waals surface area (Å²) >= 11 is 3.05. The fraction of sp³-hybridized carbons (Fsp3) is 0.476. The molecule has 2 aromatic rings. The van der Waals surface area contributed by atoms with Crippen molar-refractivity contribution in [1.29, 1.82) is 0 Å². The number of alkyl halides is 3. The van der Waals surface area contributed by atoms with Gasteiger partial charge in [0, 0.05) is 17.3 Å². The number of pyridine rings is 1. The number of anilines is 3. The van der Waals surface area contributed by atoms with Gasteiger partial charge in [-0.1, -0.05) is 15.9 Å². The highest BCUT2D eigenvalue weighted by Gasteiger charge is 2.54. The van der Waals surface area contributed by atoms with Crippen molar-refractivity contribution >= 4 is 43.0 Å². The van der Waals surface area contributed by atoms with E-state index >= 15 is 0 Å². The number of aliphatic hydroxyl groups is 1. The Morgan fingerprint density at radius 1 is 1.26 bits per heavy atom. The van der Waals surface area contributed by atoms with E-state index in [-0.39, 0.29) is 19.3 Å². The quantitative estimate of drug-likeness (QED) is 0.353. The van der Waals surface area contributed by atoms with Crippen molar-refractivity contribution in [1.82, 2.24) is 4.57 Å². The van der Waals surface area contributed by atoms with E-state index in [1.54, 1.807) is 13.8 Å². The van der Waals surface area contributed by atoms with Crippen LogP contribution in [-0.4, -0.2) is 35.5 Å². The van der Waals surface area contributed by atoms with Gasteiger partial charge >= 0.3 is 6.18 Å². The number of sulfonamides is 1. The SMILES string of the molecule is CC(C)OCn1cc(NS(=O)(=O)C2(CCO)CC2)c(Nc2ccc(Br)cc2F)c(C(F)(F)F)c1=O. The number of benzene rings is 1. The average Bonchev–Trinajstić information content (AvgIpc) is 3.51. The molecule has 194 valence electrons. The first-order valence-electron chi connectivity index (χ1n) is 10.5. The zero-order valence-electron chi connectivity index (χ0n) is 18.7. The number of nitrogens with one attached hydrogen (secondary N) is 2. The smallest absolute Gasteiger partial charge is 0.396 e. The first-order valence-corrected chi connectivity index (χ1v) is 12.8. The van der Waals surface area contributed by atoms with Crippen molar-refractivity contribution in [3.05, 3.63) is 50.6 Å². The summed E-state index contributed by atoms with van der Waals surface area (Å²) in [4.78, 5) is 12.8. The first kappa shape index (κ1) is 27.4. The van der Waals surface area contributed by atoms with Crippen molar-refractivity contribution < 1.29 is 35.8 Å². The minimum Gasteiger partial charge on any atom is -0.396 e. The number of aliphatic hydroxyl groups excluding tert-OH is 1. The zero-order valence-corrected chi connectivity index (χ0v) is 21.2. The van der Waals surface area contributed by atoms with E-state index < -0.39 is 74.4 Å². The zero-order chi connectivity index (χ0) is 26.2. The predicted octanol–water partition coefficient (Wildman–Crippen LogP) is 4.55. The van der Waals surface area contributed by atoms with Gasteiger partial charge in [-0.2, -0.15) is 13.2 Å². The number of halogens is 5. The maximum atomic E-state index is 14.5. The monoisotopic (exact) mass is 585 g/mol. The molecule has 0 radical (unpaired) electrons. The third kappa shape index (κ3) is 5.98. The Hall–Kier alpha value is -2.16. The van der Waals surface area contributed by atoms with Crippen LogP contribution in [0.2, 0.25) is 0 Å². The van der Waals surface area contributed by atoms with Gasteiger partial charge in [0.2, 0.25) is 10.0 Å². The second-order valence-corrected chi connectivity index (χ2v) is 11.4. The van der Waals surface area contributed by atoms with Gasteiger partial charge in [0.25, 0.3) is 5.56 Å². The van der Waals surface area contributed by atoms with Gasteiger partial charge in [0.05, 0.1) is 27.9 Å². The number of nitrogens with zero attached hydrogens (tertiary/aromatic N) is 1. The summed E-state index contributed by atoms with van der Waals surface area (Å²) in [7, 11) is -4.29. The number of hydrogen-bond donors (Lipinski definition) is 3. The maximum absolute atomic E-state index is 14.5. The molecule has 14 heteroatoms. The number of hydrogen-bond acceptors (Lipinski definition) is 6. The summed E-state index contributed by atoms with van der Waals surface area (Å²) in [6.07, 6.45) is -4.50. The Kier molecular flexibility index (Phi) is 7.89. The topological polar surface area (TPSA) is 110 Å². The predicted molar refractivity (Wildman–Crippen MR) is 126 cm³/mol. The summed E-state index contributed by atoms with van der Waals surface area (Å²) in [5.74, 6) is -0.937. The van der Waals surface area contributed by atoms with E-state index in [9.17, 15) is 35.9 Å². The molecule has 0 saturated heterocycles. The summed E-state index contributed by atoms with van der Waals surface area (Å²) < 4.78 is 90.0. The van der Waals surface area contributed by atoms with E-state index in [4.69, 9.17) is 4.74 Å². The first-order chi connectivity index (χ1) is 16.2. The molecule has 0 spiro atoms. The van der Waals surface area contributed by atoms with E-state index in [1.165, 1.54) is 6.07 Å². The van der Waals surface area contributed by atoms with Crippen LogP contribution in [0.3, 0.4) is 0 Å². The third-order valence-electron chi connectivity index (χ3n) is 5.49. The van der Waals surface area contributed by atoms with Gasteiger partial charge in [0.1, 0.15) is 18.1 Å². The fourth-order valence-corrected chi connectivity index (χ4v) is 5.43. The minimum atomic E-state index is -5.23. The Balaban J connectivity index is 2.23. The second kappa shape index (κ2) is 10.1. The van der Waals surface area contributed by atoms with Crippen LogP contribution in [0.15, 0.2) is 33.7 Å². The summed E-state index contributed by atoms with van der Waals surface area (Å²) in [6.45, 7) is 2.20. The molecule has 0 atom stereocenters. The standard InChI is InChI=1S/C21H24BrF4N3O5S/c1-12(2)34-11-29-10-16(28-35(32,33)20(5-6-20)7-8-30)18(17(19(29)31)21(24,25)26)27-15-4-3-13(22)9-14(15)23/h3-4,9-10,12,27-28,30H,5-8,11H2,1-2H3. The minimum absolute atomic E-state index is 0.116. The number of rotatable bonds is 10. The molecule has 1 aromatic heterocycles. The highest BCUT2D eigenvalue weighted by atomic mass is 79.9. The van der Waals surface area contributed by atoms with Crippen LogP contribution in [-0.2, 0) is 27.7 Å². The molecule has 1 fully saturated rings. The summed E-state index contributed by atoms with van der Waals surface area (Å²) in [6, 6.07) is 3.50. The van der Waals surface area contributed by atoms with Crippen LogP contribution in [0.1, 0.15) is 38.7 Å². The lowest BCUT2D eigenvalue weighted by Crippen LogP contribution is -2.35. The van der Waals surface area contributed by atoms with E-state index in [2.05, 4.69) is 26.0 Å². The van der Waals surface area contributed by atoms with Gasteiger partial charge in [-0.15, -0.1) is 0 Å². The Morgan fingerprint density at radius 3 is 2.43 bits per heavy atom.